The number of rotatable bonds is 6. The molecule has 0 aliphatic carbocycles. The number of nitrogens with two attached hydrogens (primary N) is 1. The SMILES string of the molecule is CSCCC(CN)N1CCC(C(C)C)CC1. The van der Waals surface area contributed by atoms with Crippen molar-refractivity contribution in [1.29, 1.82) is 0 Å². The first-order valence-corrected chi connectivity index (χ1v) is 8.01. The normalized spacial score (nSPS) is 21.6. The summed E-state index contributed by atoms with van der Waals surface area (Å²) in [6.07, 6.45) is 6.17. The summed E-state index contributed by atoms with van der Waals surface area (Å²) in [7, 11) is 0. The Kier molecular flexibility index (Phi) is 6.78. The molecule has 0 saturated carbocycles. The number of hydrogen-bond acceptors (Lipinski definition) is 3. The predicted molar refractivity (Wildman–Crippen MR) is 75.0 cm³/mol. The first kappa shape index (κ1) is 14.3. The Hall–Kier alpha value is 0.270. The highest BCUT2D eigenvalue weighted by Crippen LogP contribution is 2.26. The van der Waals surface area contributed by atoms with Crippen LogP contribution >= 0.6 is 11.8 Å². The molecule has 1 rings (SSSR count). The molecule has 0 aromatic carbocycles. The van der Waals surface area contributed by atoms with E-state index in [0.29, 0.717) is 6.04 Å². The second kappa shape index (κ2) is 7.57. The van der Waals surface area contributed by atoms with E-state index < -0.39 is 0 Å². The number of thioether (sulfide) groups is 1. The van der Waals surface area contributed by atoms with Gasteiger partial charge in [-0.3, -0.25) is 4.90 Å². The van der Waals surface area contributed by atoms with E-state index in [1.54, 1.807) is 0 Å². The third-order valence-electron chi connectivity index (χ3n) is 3.96. The van der Waals surface area contributed by atoms with Crippen LogP contribution < -0.4 is 5.73 Å². The van der Waals surface area contributed by atoms with Crippen molar-refractivity contribution in [2.75, 3.05) is 31.6 Å². The molecule has 16 heavy (non-hydrogen) atoms. The molecule has 96 valence electrons. The predicted octanol–water partition coefficient (Wildman–Crippen LogP) is 2.43. The maximum Gasteiger partial charge on any atom is 0.0226 e. The number of likely N-dealkylation sites (tertiary alicyclic amines) is 1. The van der Waals surface area contributed by atoms with Gasteiger partial charge in [-0.1, -0.05) is 13.8 Å². The van der Waals surface area contributed by atoms with Crippen LogP contribution in [0, 0.1) is 11.8 Å². The quantitative estimate of drug-likeness (QED) is 0.778. The van der Waals surface area contributed by atoms with Crippen molar-refractivity contribution >= 4 is 11.8 Å². The van der Waals surface area contributed by atoms with Crippen LogP contribution in [-0.4, -0.2) is 42.6 Å². The lowest BCUT2D eigenvalue weighted by Crippen LogP contribution is -2.46. The van der Waals surface area contributed by atoms with E-state index in [2.05, 4.69) is 25.0 Å². The van der Waals surface area contributed by atoms with Gasteiger partial charge in [0.15, 0.2) is 0 Å². The fourth-order valence-corrected chi connectivity index (χ4v) is 3.16. The van der Waals surface area contributed by atoms with Gasteiger partial charge in [-0.05, 0) is 56.2 Å². The van der Waals surface area contributed by atoms with Crippen molar-refractivity contribution in [3.63, 3.8) is 0 Å². The smallest absolute Gasteiger partial charge is 0.0226 e. The zero-order valence-corrected chi connectivity index (χ0v) is 11.9. The molecule has 3 heteroatoms. The maximum atomic E-state index is 5.89. The summed E-state index contributed by atoms with van der Waals surface area (Å²) in [5, 5.41) is 0. The molecule has 0 bridgehead atoms. The summed E-state index contributed by atoms with van der Waals surface area (Å²) in [5.74, 6) is 3.03. The first-order chi connectivity index (χ1) is 7.69. The molecular weight excluding hydrogens is 216 g/mol. The lowest BCUT2D eigenvalue weighted by atomic mass is 9.86. The summed E-state index contributed by atoms with van der Waals surface area (Å²) in [6, 6.07) is 0.626. The summed E-state index contributed by atoms with van der Waals surface area (Å²) in [5.41, 5.74) is 5.89. The van der Waals surface area contributed by atoms with Crippen LogP contribution in [0.15, 0.2) is 0 Å². The Morgan fingerprint density at radius 1 is 1.31 bits per heavy atom. The Bertz CT molecular complexity index is 177. The second-order valence-corrected chi connectivity index (χ2v) is 6.27. The summed E-state index contributed by atoms with van der Waals surface area (Å²) in [6.45, 7) is 8.06. The lowest BCUT2D eigenvalue weighted by Gasteiger charge is -2.38. The number of nitrogens with zero attached hydrogens (tertiary/aromatic N) is 1. The fourth-order valence-electron chi connectivity index (χ4n) is 2.65. The van der Waals surface area contributed by atoms with Gasteiger partial charge in [-0.2, -0.15) is 11.8 Å². The molecule has 1 saturated heterocycles. The molecule has 0 aromatic rings. The zero-order valence-electron chi connectivity index (χ0n) is 11.1. The van der Waals surface area contributed by atoms with Crippen LogP contribution in [0.4, 0.5) is 0 Å². The van der Waals surface area contributed by atoms with Gasteiger partial charge in [0.2, 0.25) is 0 Å². The minimum atomic E-state index is 0.626. The summed E-state index contributed by atoms with van der Waals surface area (Å²) >= 11 is 1.93. The monoisotopic (exact) mass is 244 g/mol. The Morgan fingerprint density at radius 3 is 2.38 bits per heavy atom. The fraction of sp³-hybridized carbons (Fsp3) is 1.00. The molecule has 1 aliphatic rings. The molecule has 2 nitrogen and oxygen atoms in total. The molecule has 1 aliphatic heterocycles. The molecule has 0 radical (unpaired) electrons. The van der Waals surface area contributed by atoms with Crippen LogP contribution in [0.3, 0.4) is 0 Å². The Labute approximate surface area is 105 Å². The van der Waals surface area contributed by atoms with Crippen molar-refractivity contribution in [2.24, 2.45) is 17.6 Å². The van der Waals surface area contributed by atoms with Gasteiger partial charge in [-0.15, -0.1) is 0 Å². The van der Waals surface area contributed by atoms with Gasteiger partial charge in [-0.25, -0.2) is 0 Å². The molecule has 1 atom stereocenters. The highest BCUT2D eigenvalue weighted by atomic mass is 32.2. The largest absolute Gasteiger partial charge is 0.329 e. The van der Waals surface area contributed by atoms with Crippen LogP contribution in [0.1, 0.15) is 33.1 Å². The van der Waals surface area contributed by atoms with Crippen LogP contribution in [0.5, 0.6) is 0 Å². The topological polar surface area (TPSA) is 29.3 Å². The molecular formula is C13H28N2S. The van der Waals surface area contributed by atoms with Gasteiger partial charge < -0.3 is 5.73 Å². The van der Waals surface area contributed by atoms with E-state index in [1.165, 1.54) is 38.1 Å². The third-order valence-corrected chi connectivity index (χ3v) is 4.60. The van der Waals surface area contributed by atoms with E-state index in [9.17, 15) is 0 Å². The minimum Gasteiger partial charge on any atom is -0.329 e. The number of hydrogen-bond donors (Lipinski definition) is 1. The number of piperidine rings is 1. The van der Waals surface area contributed by atoms with E-state index in [-0.39, 0.29) is 0 Å². The van der Waals surface area contributed by atoms with E-state index in [1.807, 2.05) is 11.8 Å². The van der Waals surface area contributed by atoms with Crippen molar-refractivity contribution in [3.8, 4) is 0 Å². The van der Waals surface area contributed by atoms with Crippen molar-refractivity contribution in [2.45, 2.75) is 39.2 Å². The summed E-state index contributed by atoms with van der Waals surface area (Å²) < 4.78 is 0. The minimum absolute atomic E-state index is 0.626. The zero-order chi connectivity index (χ0) is 12.0. The Balaban J connectivity index is 2.32. The molecule has 1 heterocycles. The van der Waals surface area contributed by atoms with Gasteiger partial charge in [0.25, 0.3) is 0 Å². The van der Waals surface area contributed by atoms with Gasteiger partial charge in [0.05, 0.1) is 0 Å². The second-order valence-electron chi connectivity index (χ2n) is 5.29. The Morgan fingerprint density at radius 2 is 1.94 bits per heavy atom. The van der Waals surface area contributed by atoms with Gasteiger partial charge in [0.1, 0.15) is 0 Å². The molecule has 1 fully saturated rings. The molecule has 2 N–H and O–H groups in total. The summed E-state index contributed by atoms with van der Waals surface area (Å²) in [4.78, 5) is 2.62. The van der Waals surface area contributed by atoms with Crippen LogP contribution in [0.25, 0.3) is 0 Å². The first-order valence-electron chi connectivity index (χ1n) is 6.62. The van der Waals surface area contributed by atoms with E-state index >= 15 is 0 Å². The average Bonchev–Trinajstić information content (AvgIpc) is 2.30. The van der Waals surface area contributed by atoms with E-state index in [0.717, 1.165) is 18.4 Å². The van der Waals surface area contributed by atoms with Crippen molar-refractivity contribution in [1.82, 2.24) is 4.90 Å². The van der Waals surface area contributed by atoms with Crippen molar-refractivity contribution in [3.05, 3.63) is 0 Å². The molecule has 0 amide bonds. The lowest BCUT2D eigenvalue weighted by molar-refractivity contribution is 0.115. The van der Waals surface area contributed by atoms with Gasteiger partial charge in [0, 0.05) is 12.6 Å². The molecule has 0 aromatic heterocycles. The molecule has 0 spiro atoms. The highest BCUT2D eigenvalue weighted by Gasteiger charge is 2.25. The average molecular weight is 244 g/mol. The standard InChI is InChI=1S/C13H28N2S/c1-11(2)12-4-7-15(8-5-12)13(10-14)6-9-16-3/h11-13H,4-10,14H2,1-3H3. The van der Waals surface area contributed by atoms with E-state index in [4.69, 9.17) is 5.73 Å². The maximum absolute atomic E-state index is 5.89. The van der Waals surface area contributed by atoms with Crippen molar-refractivity contribution < 1.29 is 0 Å². The van der Waals surface area contributed by atoms with Crippen LogP contribution in [-0.2, 0) is 0 Å². The third kappa shape index (κ3) is 4.27. The molecule has 1 unspecified atom stereocenters. The van der Waals surface area contributed by atoms with Crippen LogP contribution in [0.2, 0.25) is 0 Å². The highest BCUT2D eigenvalue weighted by molar-refractivity contribution is 7.98. The van der Waals surface area contributed by atoms with Gasteiger partial charge >= 0.3 is 0 Å².